The molecule has 0 bridgehead atoms. The number of anilines is 2. The molecule has 134 valence electrons. The van der Waals surface area contributed by atoms with Crippen LogP contribution in [0, 0.1) is 6.92 Å². The van der Waals surface area contributed by atoms with Crippen LogP contribution in [0.15, 0.2) is 42.5 Å². The fourth-order valence-corrected chi connectivity index (χ4v) is 4.24. The molecule has 2 aliphatic heterocycles. The Morgan fingerprint density at radius 3 is 2.65 bits per heavy atom. The lowest BCUT2D eigenvalue weighted by atomic mass is 9.99. The van der Waals surface area contributed by atoms with E-state index in [0.29, 0.717) is 6.04 Å². The second kappa shape index (κ2) is 6.04. The standard InChI is InChI=1S/C22H24N2O2/c1-15-6-10-20-16(14-15)7-11-21(26-20)22(25)24-13-12-23(17-8-9-17)18-4-2-3-5-19(18)24/h2-6,10,14,17,21H,7-9,11-13H2,1H3. The summed E-state index contributed by atoms with van der Waals surface area (Å²) >= 11 is 0. The average molecular weight is 348 g/mol. The Morgan fingerprint density at radius 1 is 1.04 bits per heavy atom. The summed E-state index contributed by atoms with van der Waals surface area (Å²) in [5.74, 6) is 0.962. The summed E-state index contributed by atoms with van der Waals surface area (Å²) < 4.78 is 6.10. The average Bonchev–Trinajstić information content (AvgIpc) is 3.51. The van der Waals surface area contributed by atoms with Crippen molar-refractivity contribution in [2.45, 2.75) is 44.8 Å². The zero-order valence-electron chi connectivity index (χ0n) is 15.1. The van der Waals surface area contributed by atoms with Gasteiger partial charge in [-0.15, -0.1) is 0 Å². The number of rotatable bonds is 2. The zero-order valence-corrected chi connectivity index (χ0v) is 15.1. The van der Waals surface area contributed by atoms with Gasteiger partial charge in [-0.3, -0.25) is 4.79 Å². The molecule has 0 saturated heterocycles. The van der Waals surface area contributed by atoms with E-state index in [1.54, 1.807) is 0 Å². The molecular weight excluding hydrogens is 324 g/mol. The molecule has 4 heteroatoms. The normalized spacial score (nSPS) is 21.7. The Kier molecular flexibility index (Phi) is 3.66. The van der Waals surface area contributed by atoms with E-state index >= 15 is 0 Å². The van der Waals surface area contributed by atoms with Crippen molar-refractivity contribution in [2.75, 3.05) is 22.9 Å². The molecule has 26 heavy (non-hydrogen) atoms. The number of fused-ring (bicyclic) bond motifs is 2. The molecule has 1 amide bonds. The van der Waals surface area contributed by atoms with Crippen LogP contribution in [0.4, 0.5) is 11.4 Å². The zero-order chi connectivity index (χ0) is 17.7. The molecule has 0 N–H and O–H groups in total. The van der Waals surface area contributed by atoms with Crippen molar-refractivity contribution in [1.82, 2.24) is 0 Å². The first kappa shape index (κ1) is 15.7. The second-order valence-corrected chi connectivity index (χ2v) is 7.66. The van der Waals surface area contributed by atoms with Crippen LogP contribution < -0.4 is 14.5 Å². The maximum absolute atomic E-state index is 13.3. The molecule has 1 fully saturated rings. The number of carbonyl (C=O) groups is 1. The minimum Gasteiger partial charge on any atom is -0.480 e. The van der Waals surface area contributed by atoms with Gasteiger partial charge in [0.15, 0.2) is 6.10 Å². The van der Waals surface area contributed by atoms with E-state index in [9.17, 15) is 4.79 Å². The molecule has 2 aromatic rings. The number of aryl methyl sites for hydroxylation is 2. The molecule has 0 radical (unpaired) electrons. The number of ether oxygens (including phenoxy) is 1. The highest BCUT2D eigenvalue weighted by Gasteiger charge is 2.38. The van der Waals surface area contributed by atoms with Crippen molar-refractivity contribution < 1.29 is 9.53 Å². The van der Waals surface area contributed by atoms with Crippen LogP contribution in [-0.4, -0.2) is 31.1 Å². The van der Waals surface area contributed by atoms with Crippen molar-refractivity contribution in [3.05, 3.63) is 53.6 Å². The van der Waals surface area contributed by atoms with Gasteiger partial charge in [0.05, 0.1) is 11.4 Å². The van der Waals surface area contributed by atoms with E-state index < -0.39 is 0 Å². The first-order chi connectivity index (χ1) is 12.7. The maximum atomic E-state index is 13.3. The number of amides is 1. The fraction of sp³-hybridized carbons (Fsp3) is 0.409. The number of hydrogen-bond donors (Lipinski definition) is 0. The van der Waals surface area contributed by atoms with Gasteiger partial charge in [-0.25, -0.2) is 0 Å². The summed E-state index contributed by atoms with van der Waals surface area (Å²) in [5, 5.41) is 0. The fourth-order valence-electron chi connectivity index (χ4n) is 4.24. The summed E-state index contributed by atoms with van der Waals surface area (Å²) in [5.41, 5.74) is 4.69. The molecule has 2 aromatic carbocycles. The van der Waals surface area contributed by atoms with Gasteiger partial charge >= 0.3 is 0 Å². The molecular formula is C22H24N2O2. The topological polar surface area (TPSA) is 32.8 Å². The van der Waals surface area contributed by atoms with Crippen molar-refractivity contribution in [2.24, 2.45) is 0 Å². The van der Waals surface area contributed by atoms with Gasteiger partial charge in [-0.1, -0.05) is 29.8 Å². The number of nitrogens with zero attached hydrogens (tertiary/aromatic N) is 2. The molecule has 1 unspecified atom stereocenters. The monoisotopic (exact) mass is 348 g/mol. The number of benzene rings is 2. The van der Waals surface area contributed by atoms with Gasteiger partial charge in [0, 0.05) is 19.1 Å². The van der Waals surface area contributed by atoms with Crippen molar-refractivity contribution in [3.63, 3.8) is 0 Å². The molecule has 0 spiro atoms. The first-order valence-corrected chi connectivity index (χ1v) is 9.64. The highest BCUT2D eigenvalue weighted by atomic mass is 16.5. The van der Waals surface area contributed by atoms with E-state index in [4.69, 9.17) is 4.74 Å². The highest BCUT2D eigenvalue weighted by Crippen LogP contribution is 2.40. The minimum atomic E-state index is -0.384. The molecule has 1 saturated carbocycles. The van der Waals surface area contributed by atoms with Crippen LogP contribution in [0.1, 0.15) is 30.4 Å². The quantitative estimate of drug-likeness (QED) is 0.829. The number of carbonyl (C=O) groups excluding carboxylic acids is 1. The summed E-state index contributed by atoms with van der Waals surface area (Å²) in [6.07, 6.45) is 3.80. The van der Waals surface area contributed by atoms with Crippen LogP contribution in [0.5, 0.6) is 5.75 Å². The van der Waals surface area contributed by atoms with Crippen molar-refractivity contribution in [1.29, 1.82) is 0 Å². The maximum Gasteiger partial charge on any atom is 0.268 e. The largest absolute Gasteiger partial charge is 0.480 e. The summed E-state index contributed by atoms with van der Waals surface area (Å²) in [4.78, 5) is 17.7. The van der Waals surface area contributed by atoms with Gasteiger partial charge in [0.25, 0.3) is 5.91 Å². The highest BCUT2D eigenvalue weighted by molar-refractivity contribution is 6.00. The Hall–Kier alpha value is -2.49. The summed E-state index contributed by atoms with van der Waals surface area (Å²) in [6.45, 7) is 3.75. The summed E-state index contributed by atoms with van der Waals surface area (Å²) in [7, 11) is 0. The van der Waals surface area contributed by atoms with E-state index in [1.807, 2.05) is 17.0 Å². The summed E-state index contributed by atoms with van der Waals surface area (Å²) in [6, 6.07) is 15.2. The number of hydrogen-bond acceptors (Lipinski definition) is 3. The SMILES string of the molecule is Cc1ccc2c(c1)CCC(C(=O)N1CCN(C3CC3)c3ccccc31)O2. The molecule has 1 atom stereocenters. The van der Waals surface area contributed by atoms with E-state index in [1.165, 1.54) is 29.7 Å². The van der Waals surface area contributed by atoms with Gasteiger partial charge in [-0.05, 0) is 56.4 Å². The Balaban J connectivity index is 1.40. The van der Waals surface area contributed by atoms with Gasteiger partial charge in [0.1, 0.15) is 5.75 Å². The van der Waals surface area contributed by atoms with Crippen molar-refractivity contribution >= 4 is 17.3 Å². The van der Waals surface area contributed by atoms with Gasteiger partial charge in [0.2, 0.25) is 0 Å². The Labute approximate surface area is 154 Å². The third-order valence-corrected chi connectivity index (χ3v) is 5.74. The lowest BCUT2D eigenvalue weighted by Crippen LogP contribution is -2.50. The predicted molar refractivity (Wildman–Crippen MR) is 103 cm³/mol. The van der Waals surface area contributed by atoms with E-state index in [2.05, 4.69) is 42.2 Å². The van der Waals surface area contributed by atoms with Gasteiger partial charge < -0.3 is 14.5 Å². The number of para-hydroxylation sites is 2. The molecule has 0 aromatic heterocycles. The molecule has 5 rings (SSSR count). The molecule has 3 aliphatic rings. The van der Waals surface area contributed by atoms with Crippen LogP contribution in [0.25, 0.3) is 0 Å². The second-order valence-electron chi connectivity index (χ2n) is 7.66. The van der Waals surface area contributed by atoms with Crippen LogP contribution >= 0.6 is 0 Å². The minimum absolute atomic E-state index is 0.0964. The third kappa shape index (κ3) is 2.64. The Morgan fingerprint density at radius 2 is 1.85 bits per heavy atom. The van der Waals surface area contributed by atoms with Crippen LogP contribution in [-0.2, 0) is 11.2 Å². The smallest absolute Gasteiger partial charge is 0.268 e. The molecule has 1 aliphatic carbocycles. The Bertz CT molecular complexity index is 859. The predicted octanol–water partition coefficient (Wildman–Crippen LogP) is 3.70. The van der Waals surface area contributed by atoms with E-state index in [0.717, 1.165) is 37.4 Å². The lowest BCUT2D eigenvalue weighted by molar-refractivity contribution is -0.126. The third-order valence-electron chi connectivity index (χ3n) is 5.74. The van der Waals surface area contributed by atoms with Gasteiger partial charge in [-0.2, -0.15) is 0 Å². The van der Waals surface area contributed by atoms with Crippen LogP contribution in [0.3, 0.4) is 0 Å². The molecule has 2 heterocycles. The van der Waals surface area contributed by atoms with Crippen molar-refractivity contribution in [3.8, 4) is 5.75 Å². The van der Waals surface area contributed by atoms with Crippen LogP contribution in [0.2, 0.25) is 0 Å². The molecule has 4 nitrogen and oxygen atoms in total. The van der Waals surface area contributed by atoms with E-state index in [-0.39, 0.29) is 12.0 Å². The lowest BCUT2D eigenvalue weighted by Gasteiger charge is -2.39. The first-order valence-electron chi connectivity index (χ1n) is 9.64.